The molecule has 5 aromatic carbocycles. The normalized spacial score (nSPS) is 23.0. The predicted molar refractivity (Wildman–Crippen MR) is 249 cm³/mol. The van der Waals surface area contributed by atoms with Crippen LogP contribution in [-0.4, -0.2) is 72.0 Å². The molecule has 9 nitrogen and oxygen atoms in total. The number of benzene rings is 5. The molecule has 8 rings (SSSR count). The predicted octanol–water partition coefficient (Wildman–Crippen LogP) is 11.1. The Morgan fingerprint density at radius 1 is 0.857 bits per heavy atom. The number of carbonyl (C=O) groups excluding carboxylic acids is 1. The van der Waals surface area contributed by atoms with E-state index in [0.717, 1.165) is 70.2 Å². The topological polar surface area (TPSA) is 110 Å². The van der Waals surface area contributed by atoms with Crippen molar-refractivity contribution in [2.24, 2.45) is 22.9 Å². The fraction of sp³-hybridized carbons (Fsp3) is 0.370. The summed E-state index contributed by atoms with van der Waals surface area (Å²) < 4.78 is 21.2. The van der Waals surface area contributed by atoms with E-state index >= 15 is 4.79 Å². The number of hydrogen-bond acceptors (Lipinski definition) is 8. The molecule has 1 saturated carbocycles. The standard InChI is InChI=1S/C54H60N2O7/c1-4-29-56(53(59)42-22-21-38-17-9-10-18-40(38)33-42)50-36-48(55-60-3)46-34-41(19-11-13-30-57)45(20-12-14-31-58)51-47-35-44(27-28-49(47)63-54(50,52(46)51)61-32-5-2)62-43-25-23-39(24-26-43)37-15-7-6-8-16-37/h5-10,15-18,21-28,33-35,41,45,50-52,57-58H,2,4,11-14,19-20,29-32,36H2,1,3H3. The molecule has 0 radical (unpaired) electrons. The number of hydrogen-bond donors (Lipinski definition) is 2. The van der Waals surface area contributed by atoms with Crippen molar-refractivity contribution in [1.29, 1.82) is 0 Å². The van der Waals surface area contributed by atoms with Crippen LogP contribution in [0, 0.1) is 17.8 Å². The Balaban J connectivity index is 1.28. The number of carbonyl (C=O) groups is 1. The van der Waals surface area contributed by atoms with Crippen LogP contribution in [0.5, 0.6) is 17.2 Å². The highest BCUT2D eigenvalue weighted by molar-refractivity contribution is 6.04. The van der Waals surface area contributed by atoms with Crippen molar-refractivity contribution in [2.45, 2.75) is 76.0 Å². The third-order valence-corrected chi connectivity index (χ3v) is 13.1. The Morgan fingerprint density at radius 2 is 1.57 bits per heavy atom. The average molecular weight is 849 g/mol. The second-order valence-corrected chi connectivity index (χ2v) is 17.0. The lowest BCUT2D eigenvalue weighted by Gasteiger charge is -2.60. The summed E-state index contributed by atoms with van der Waals surface area (Å²) in [5.74, 6) is 0.280. The van der Waals surface area contributed by atoms with Gasteiger partial charge in [0.05, 0.1) is 18.2 Å². The zero-order valence-corrected chi connectivity index (χ0v) is 36.5. The van der Waals surface area contributed by atoms with E-state index in [2.05, 4.69) is 56.0 Å². The number of allylic oxidation sites excluding steroid dienone is 1. The fourth-order valence-electron chi connectivity index (χ4n) is 10.4. The van der Waals surface area contributed by atoms with Crippen LogP contribution in [0.15, 0.2) is 145 Å². The van der Waals surface area contributed by atoms with Gasteiger partial charge in [0.1, 0.15) is 30.4 Å². The highest BCUT2D eigenvalue weighted by Gasteiger charge is 2.65. The van der Waals surface area contributed by atoms with Crippen LogP contribution < -0.4 is 9.47 Å². The maximum atomic E-state index is 15.1. The number of nitrogens with zero attached hydrogens (tertiary/aromatic N) is 2. The fourth-order valence-corrected chi connectivity index (χ4v) is 10.4. The van der Waals surface area contributed by atoms with Gasteiger partial charge in [-0.25, -0.2) is 0 Å². The number of aliphatic hydroxyl groups is 2. The van der Waals surface area contributed by atoms with Crippen LogP contribution in [0.25, 0.3) is 21.9 Å². The van der Waals surface area contributed by atoms with E-state index in [1.807, 2.05) is 83.8 Å². The van der Waals surface area contributed by atoms with Gasteiger partial charge >= 0.3 is 0 Å². The Morgan fingerprint density at radius 3 is 2.30 bits per heavy atom. The molecule has 2 N–H and O–H groups in total. The van der Waals surface area contributed by atoms with E-state index in [4.69, 9.17) is 24.2 Å². The lowest BCUT2D eigenvalue weighted by Crippen LogP contribution is -2.70. The number of amides is 1. The molecule has 1 fully saturated rings. The minimum atomic E-state index is -1.34. The highest BCUT2D eigenvalue weighted by atomic mass is 16.7. The Hall–Kier alpha value is -5.74. The highest BCUT2D eigenvalue weighted by Crippen LogP contribution is 2.62. The first-order valence-corrected chi connectivity index (χ1v) is 22.7. The molecule has 1 aliphatic heterocycles. The van der Waals surface area contributed by atoms with Crippen LogP contribution >= 0.6 is 0 Å². The Kier molecular flexibility index (Phi) is 14.1. The quantitative estimate of drug-likeness (QED) is 0.0484. The van der Waals surface area contributed by atoms with Gasteiger partial charge < -0.3 is 34.2 Å². The first-order chi connectivity index (χ1) is 30.9. The SMILES string of the molecule is C=CCOC12Oc3ccc(Oc4ccc(-c5ccccc5)cc4)cc3C3C(CCCCO)C(CCCCO)C=C(C(=NOC)CC1N(CCC)C(=O)c1ccc4ccccc4c1)C32. The van der Waals surface area contributed by atoms with Gasteiger partial charge in [0, 0.05) is 43.2 Å². The lowest BCUT2D eigenvalue weighted by atomic mass is 9.55. The van der Waals surface area contributed by atoms with Crippen LogP contribution in [0.1, 0.15) is 80.1 Å². The largest absolute Gasteiger partial charge is 0.459 e. The minimum absolute atomic E-state index is 0.0946. The van der Waals surface area contributed by atoms with E-state index in [-0.39, 0.29) is 43.5 Å². The average Bonchev–Trinajstić information content (AvgIpc) is 3.32. The van der Waals surface area contributed by atoms with Gasteiger partial charge in [-0.15, -0.1) is 6.58 Å². The zero-order chi connectivity index (χ0) is 43.8. The molecule has 1 heterocycles. The molecule has 5 aromatic rings. The minimum Gasteiger partial charge on any atom is -0.459 e. The second kappa shape index (κ2) is 20.2. The summed E-state index contributed by atoms with van der Waals surface area (Å²) in [6.45, 7) is 7.05. The summed E-state index contributed by atoms with van der Waals surface area (Å²) in [5.41, 5.74) is 5.60. The van der Waals surface area contributed by atoms with Gasteiger partial charge in [-0.05, 0) is 114 Å². The van der Waals surface area contributed by atoms with Crippen LogP contribution in [-0.2, 0) is 9.57 Å². The summed E-state index contributed by atoms with van der Waals surface area (Å²) in [7, 11) is 1.57. The molecule has 0 spiro atoms. The molecule has 0 saturated heterocycles. The van der Waals surface area contributed by atoms with Crippen LogP contribution in [0.4, 0.5) is 0 Å². The number of unbranched alkanes of at least 4 members (excludes halogenated alkanes) is 2. The number of fused-ring (bicyclic) bond motifs is 3. The van der Waals surface area contributed by atoms with Crippen molar-refractivity contribution in [3.63, 3.8) is 0 Å². The molecule has 2 aliphatic carbocycles. The number of ether oxygens (including phenoxy) is 3. The van der Waals surface area contributed by atoms with Gasteiger partial charge in [0.15, 0.2) is 0 Å². The summed E-state index contributed by atoms with van der Waals surface area (Å²) in [6, 6.07) is 37.8. The maximum Gasteiger partial charge on any atom is 0.254 e. The molecule has 3 aliphatic rings. The lowest BCUT2D eigenvalue weighted by molar-refractivity contribution is -0.254. The van der Waals surface area contributed by atoms with E-state index in [1.54, 1.807) is 13.2 Å². The van der Waals surface area contributed by atoms with Crippen LogP contribution in [0.3, 0.4) is 0 Å². The van der Waals surface area contributed by atoms with Gasteiger partial charge in [-0.2, -0.15) is 0 Å². The Labute approximate surface area is 371 Å². The second-order valence-electron chi connectivity index (χ2n) is 17.0. The monoisotopic (exact) mass is 848 g/mol. The molecule has 328 valence electrons. The molecule has 6 atom stereocenters. The van der Waals surface area contributed by atoms with Gasteiger partial charge in [-0.3, -0.25) is 4.79 Å². The number of rotatable bonds is 19. The van der Waals surface area contributed by atoms with Crippen molar-refractivity contribution in [2.75, 3.05) is 33.5 Å². The van der Waals surface area contributed by atoms with Crippen molar-refractivity contribution >= 4 is 22.4 Å². The molecule has 6 unspecified atom stereocenters. The summed E-state index contributed by atoms with van der Waals surface area (Å²) >= 11 is 0. The van der Waals surface area contributed by atoms with Gasteiger partial charge in [0.25, 0.3) is 5.91 Å². The molecular weight excluding hydrogens is 789 g/mol. The summed E-state index contributed by atoms with van der Waals surface area (Å²) in [6.07, 6.45) is 9.93. The molecule has 1 amide bonds. The maximum absolute atomic E-state index is 15.1. The summed E-state index contributed by atoms with van der Waals surface area (Å²) in [5, 5.41) is 26.7. The number of aliphatic hydroxyl groups excluding tert-OH is 2. The van der Waals surface area contributed by atoms with Gasteiger partial charge in [0.2, 0.25) is 5.79 Å². The number of oxime groups is 1. The van der Waals surface area contributed by atoms with E-state index in [0.29, 0.717) is 49.3 Å². The smallest absolute Gasteiger partial charge is 0.254 e. The summed E-state index contributed by atoms with van der Waals surface area (Å²) in [4.78, 5) is 22.7. The molecule has 0 aromatic heterocycles. The molecule has 0 bridgehead atoms. The van der Waals surface area contributed by atoms with Gasteiger partial charge in [-0.1, -0.05) is 110 Å². The van der Waals surface area contributed by atoms with Crippen LogP contribution in [0.2, 0.25) is 0 Å². The molecular formula is C54H60N2O7. The van der Waals surface area contributed by atoms with E-state index < -0.39 is 17.7 Å². The first-order valence-electron chi connectivity index (χ1n) is 22.7. The van der Waals surface area contributed by atoms with Crippen molar-refractivity contribution in [3.8, 4) is 28.4 Å². The first kappa shape index (κ1) is 43.9. The molecule has 9 heteroatoms. The third kappa shape index (κ3) is 9.05. The van der Waals surface area contributed by atoms with E-state index in [9.17, 15) is 10.2 Å². The third-order valence-electron chi connectivity index (χ3n) is 13.1. The van der Waals surface area contributed by atoms with Crippen molar-refractivity contribution < 1.29 is 34.1 Å². The van der Waals surface area contributed by atoms with Crippen molar-refractivity contribution in [1.82, 2.24) is 4.90 Å². The van der Waals surface area contributed by atoms with E-state index in [1.165, 1.54) is 0 Å². The van der Waals surface area contributed by atoms with Crippen molar-refractivity contribution in [3.05, 3.63) is 151 Å². The Bertz CT molecular complexity index is 2410. The molecule has 63 heavy (non-hydrogen) atoms. The zero-order valence-electron chi connectivity index (χ0n) is 36.5.